The minimum Gasteiger partial charge on any atom is -0.309 e. The molecule has 0 aliphatic heterocycles. The molecule has 0 aliphatic carbocycles. The van der Waals surface area contributed by atoms with Crippen LogP contribution < -0.4 is 5.32 Å². The van der Waals surface area contributed by atoms with Gasteiger partial charge in [0.2, 0.25) is 5.91 Å². The molecule has 0 spiro atoms. The van der Waals surface area contributed by atoms with Gasteiger partial charge in [-0.1, -0.05) is 19.9 Å². The Labute approximate surface area is 131 Å². The molecule has 0 aromatic carbocycles. The van der Waals surface area contributed by atoms with Crippen molar-refractivity contribution in [3.63, 3.8) is 0 Å². The summed E-state index contributed by atoms with van der Waals surface area (Å²) in [6, 6.07) is 5.12. The lowest BCUT2D eigenvalue weighted by molar-refractivity contribution is -0.141. The third-order valence-corrected chi connectivity index (χ3v) is 2.90. The molecule has 5 nitrogen and oxygen atoms in total. The molecule has 0 unspecified atom stereocenters. The van der Waals surface area contributed by atoms with Crippen LogP contribution in [0.2, 0.25) is 0 Å². The van der Waals surface area contributed by atoms with Crippen molar-refractivity contribution < 1.29 is 18.0 Å². The highest BCUT2D eigenvalue weighted by Gasteiger charge is 2.32. The van der Waals surface area contributed by atoms with Gasteiger partial charge in [-0.25, -0.2) is 4.98 Å². The van der Waals surface area contributed by atoms with E-state index in [-0.39, 0.29) is 12.1 Å². The number of alkyl halides is 3. The maximum atomic E-state index is 12.6. The lowest BCUT2D eigenvalue weighted by Crippen LogP contribution is -2.17. The van der Waals surface area contributed by atoms with Crippen molar-refractivity contribution in [2.45, 2.75) is 33.0 Å². The SMILES string of the molecule is CC(C)Cn1ccc(NC(=O)Cc2cccc(C(F)(F)F)n2)n1. The van der Waals surface area contributed by atoms with Crippen molar-refractivity contribution in [1.29, 1.82) is 0 Å². The molecule has 1 amide bonds. The van der Waals surface area contributed by atoms with Gasteiger partial charge in [0.25, 0.3) is 0 Å². The molecule has 2 aromatic rings. The smallest absolute Gasteiger partial charge is 0.309 e. The third kappa shape index (κ3) is 5.08. The molecule has 23 heavy (non-hydrogen) atoms. The van der Waals surface area contributed by atoms with Crippen LogP contribution in [0.25, 0.3) is 0 Å². The highest BCUT2D eigenvalue weighted by Crippen LogP contribution is 2.27. The van der Waals surface area contributed by atoms with Gasteiger partial charge in [-0.05, 0) is 18.1 Å². The third-order valence-electron chi connectivity index (χ3n) is 2.90. The monoisotopic (exact) mass is 326 g/mol. The van der Waals surface area contributed by atoms with Gasteiger partial charge in [-0.3, -0.25) is 9.48 Å². The van der Waals surface area contributed by atoms with Gasteiger partial charge in [0.1, 0.15) is 5.69 Å². The number of anilines is 1. The Hall–Kier alpha value is -2.38. The fraction of sp³-hybridized carbons (Fsp3) is 0.400. The molecule has 0 saturated carbocycles. The zero-order valence-electron chi connectivity index (χ0n) is 12.8. The van der Waals surface area contributed by atoms with Crippen LogP contribution in [0.15, 0.2) is 30.5 Å². The van der Waals surface area contributed by atoms with Gasteiger partial charge in [-0.2, -0.15) is 18.3 Å². The zero-order valence-corrected chi connectivity index (χ0v) is 12.8. The van der Waals surface area contributed by atoms with E-state index in [0.29, 0.717) is 18.3 Å². The Morgan fingerprint density at radius 2 is 2.04 bits per heavy atom. The summed E-state index contributed by atoms with van der Waals surface area (Å²) >= 11 is 0. The fourth-order valence-electron chi connectivity index (χ4n) is 1.99. The molecule has 124 valence electrons. The van der Waals surface area contributed by atoms with Gasteiger partial charge in [0.15, 0.2) is 5.82 Å². The molecule has 0 saturated heterocycles. The van der Waals surface area contributed by atoms with Crippen LogP contribution in [0, 0.1) is 5.92 Å². The average molecular weight is 326 g/mol. The van der Waals surface area contributed by atoms with Crippen molar-refractivity contribution in [2.24, 2.45) is 5.92 Å². The highest BCUT2D eigenvalue weighted by molar-refractivity contribution is 5.91. The summed E-state index contributed by atoms with van der Waals surface area (Å²) in [6.07, 6.45) is -3.04. The highest BCUT2D eigenvalue weighted by atomic mass is 19.4. The van der Waals surface area contributed by atoms with Gasteiger partial charge in [0.05, 0.1) is 12.1 Å². The quantitative estimate of drug-likeness (QED) is 0.918. The van der Waals surface area contributed by atoms with E-state index in [1.807, 2.05) is 13.8 Å². The number of rotatable bonds is 5. The van der Waals surface area contributed by atoms with Crippen LogP contribution in [-0.2, 0) is 23.9 Å². The molecule has 0 fully saturated rings. The lowest BCUT2D eigenvalue weighted by atomic mass is 10.2. The molecular formula is C15H17F3N4O. The number of nitrogens with zero attached hydrogens (tertiary/aromatic N) is 3. The Morgan fingerprint density at radius 1 is 1.30 bits per heavy atom. The standard InChI is InChI=1S/C15H17F3N4O/c1-10(2)9-22-7-6-13(21-22)20-14(23)8-11-4-3-5-12(19-11)15(16,17)18/h3-7,10H,8-9H2,1-2H3,(H,20,21,23). The number of nitrogens with one attached hydrogen (secondary N) is 1. The molecule has 0 bridgehead atoms. The van der Waals surface area contributed by atoms with Crippen LogP contribution in [-0.4, -0.2) is 20.7 Å². The maximum absolute atomic E-state index is 12.6. The molecular weight excluding hydrogens is 309 g/mol. The summed E-state index contributed by atoms with van der Waals surface area (Å²) in [5.41, 5.74) is -0.956. The second-order valence-corrected chi connectivity index (χ2v) is 5.55. The predicted molar refractivity (Wildman–Crippen MR) is 78.6 cm³/mol. The Kier molecular flexibility index (Phi) is 5.02. The van der Waals surface area contributed by atoms with E-state index in [0.717, 1.165) is 6.07 Å². The number of halogens is 3. The second kappa shape index (κ2) is 6.80. The number of amides is 1. The number of carbonyl (C=O) groups is 1. The van der Waals surface area contributed by atoms with Gasteiger partial charge < -0.3 is 5.32 Å². The summed E-state index contributed by atoms with van der Waals surface area (Å²) in [7, 11) is 0. The van der Waals surface area contributed by atoms with E-state index >= 15 is 0 Å². The van der Waals surface area contributed by atoms with E-state index in [4.69, 9.17) is 0 Å². The Balaban J connectivity index is 1.98. The van der Waals surface area contributed by atoms with E-state index in [9.17, 15) is 18.0 Å². The first-order valence-electron chi connectivity index (χ1n) is 7.10. The summed E-state index contributed by atoms with van der Waals surface area (Å²) in [6.45, 7) is 4.80. The Morgan fingerprint density at radius 3 is 2.70 bits per heavy atom. The molecule has 2 heterocycles. The summed E-state index contributed by atoms with van der Waals surface area (Å²) in [4.78, 5) is 15.4. The van der Waals surface area contributed by atoms with E-state index in [1.165, 1.54) is 12.1 Å². The van der Waals surface area contributed by atoms with Crippen LogP contribution in [0.1, 0.15) is 25.2 Å². The lowest BCUT2D eigenvalue weighted by Gasteiger charge is -2.07. The van der Waals surface area contributed by atoms with Crippen molar-refractivity contribution in [3.05, 3.63) is 41.9 Å². The molecule has 0 radical (unpaired) electrons. The molecule has 8 heteroatoms. The van der Waals surface area contributed by atoms with Crippen molar-refractivity contribution in [3.8, 4) is 0 Å². The van der Waals surface area contributed by atoms with E-state index < -0.39 is 17.8 Å². The van der Waals surface area contributed by atoms with Gasteiger partial charge in [0, 0.05) is 18.8 Å². The van der Waals surface area contributed by atoms with Crippen LogP contribution in [0.3, 0.4) is 0 Å². The minimum absolute atomic E-state index is 0.0546. The van der Waals surface area contributed by atoms with E-state index in [2.05, 4.69) is 15.4 Å². The number of hydrogen-bond acceptors (Lipinski definition) is 3. The molecule has 2 aromatic heterocycles. The number of aromatic nitrogens is 3. The van der Waals surface area contributed by atoms with Crippen molar-refractivity contribution in [1.82, 2.24) is 14.8 Å². The summed E-state index contributed by atoms with van der Waals surface area (Å²) < 4.78 is 39.4. The predicted octanol–water partition coefficient (Wildman–Crippen LogP) is 3.13. The normalized spacial score (nSPS) is 11.7. The number of hydrogen-bond donors (Lipinski definition) is 1. The van der Waals surface area contributed by atoms with Crippen LogP contribution in [0.5, 0.6) is 0 Å². The summed E-state index contributed by atoms with van der Waals surface area (Å²) in [5, 5.41) is 6.72. The first-order chi connectivity index (χ1) is 10.7. The number of carbonyl (C=O) groups excluding carboxylic acids is 1. The number of pyridine rings is 1. The average Bonchev–Trinajstić information content (AvgIpc) is 2.84. The topological polar surface area (TPSA) is 59.8 Å². The molecule has 2 rings (SSSR count). The zero-order chi connectivity index (χ0) is 17.0. The van der Waals surface area contributed by atoms with Crippen LogP contribution >= 0.6 is 0 Å². The van der Waals surface area contributed by atoms with Crippen molar-refractivity contribution in [2.75, 3.05) is 5.32 Å². The summed E-state index contributed by atoms with van der Waals surface area (Å²) in [5.74, 6) is 0.307. The molecule has 0 aliphatic rings. The van der Waals surface area contributed by atoms with E-state index in [1.54, 1.807) is 16.9 Å². The van der Waals surface area contributed by atoms with Gasteiger partial charge >= 0.3 is 6.18 Å². The van der Waals surface area contributed by atoms with Gasteiger partial charge in [-0.15, -0.1) is 0 Å². The van der Waals surface area contributed by atoms with Crippen molar-refractivity contribution >= 4 is 11.7 Å². The Bertz CT molecular complexity index is 679. The maximum Gasteiger partial charge on any atom is 0.433 e. The minimum atomic E-state index is -4.53. The molecule has 1 N–H and O–H groups in total. The fourth-order valence-corrected chi connectivity index (χ4v) is 1.99. The van der Waals surface area contributed by atoms with Crippen LogP contribution in [0.4, 0.5) is 19.0 Å². The largest absolute Gasteiger partial charge is 0.433 e. The molecule has 0 atom stereocenters. The first kappa shape index (κ1) is 17.0. The second-order valence-electron chi connectivity index (χ2n) is 5.55. The first-order valence-corrected chi connectivity index (χ1v) is 7.10.